The lowest BCUT2D eigenvalue weighted by molar-refractivity contribution is 0.0809. The number of hydrogen-bond acceptors (Lipinski definition) is 2. The highest BCUT2D eigenvalue weighted by Crippen LogP contribution is 2.67. The van der Waals surface area contributed by atoms with Gasteiger partial charge in [-0.05, 0) is 37.2 Å². The topological polar surface area (TPSA) is 37.3 Å². The van der Waals surface area contributed by atoms with Gasteiger partial charge in [-0.3, -0.25) is 0 Å². The van der Waals surface area contributed by atoms with Crippen LogP contribution in [0.15, 0.2) is 30.3 Å². The van der Waals surface area contributed by atoms with Gasteiger partial charge in [0.1, 0.15) is 12.5 Å². The smallest absolute Gasteiger partial charge is 0.118 e. The summed E-state index contributed by atoms with van der Waals surface area (Å²) in [4.78, 5) is 0. The molecule has 0 bridgehead atoms. The summed E-state index contributed by atoms with van der Waals surface area (Å²) in [5.41, 5.74) is 1.33. The van der Waals surface area contributed by atoms with E-state index in [2.05, 4.69) is 24.3 Å². The Bertz CT molecular complexity index is 491. The number of aliphatic hydroxyl groups is 1. The molecular formula is C17H25O2P. The Morgan fingerprint density at radius 2 is 1.85 bits per heavy atom. The number of rotatable bonds is 3. The molecule has 1 aliphatic carbocycles. The maximum atomic E-state index is 13.2. The van der Waals surface area contributed by atoms with Crippen LogP contribution >= 0.6 is 7.14 Å². The van der Waals surface area contributed by atoms with E-state index in [4.69, 9.17) is 0 Å². The van der Waals surface area contributed by atoms with Crippen LogP contribution in [-0.4, -0.2) is 22.8 Å². The number of benzene rings is 1. The van der Waals surface area contributed by atoms with E-state index in [0.29, 0.717) is 5.92 Å². The Labute approximate surface area is 122 Å². The van der Waals surface area contributed by atoms with E-state index in [-0.39, 0.29) is 0 Å². The summed E-state index contributed by atoms with van der Waals surface area (Å²) in [7, 11) is -2.39. The minimum Gasteiger partial charge on any atom is -0.382 e. The summed E-state index contributed by atoms with van der Waals surface area (Å²) in [6.45, 7) is 0. The van der Waals surface area contributed by atoms with Gasteiger partial charge in [0.25, 0.3) is 0 Å². The number of hydrogen-bond donors (Lipinski definition) is 1. The van der Waals surface area contributed by atoms with E-state index in [1.54, 1.807) is 0 Å². The molecular weight excluding hydrogens is 267 g/mol. The third kappa shape index (κ3) is 2.73. The fourth-order valence-electron chi connectivity index (χ4n) is 4.01. The van der Waals surface area contributed by atoms with Gasteiger partial charge in [-0.1, -0.05) is 49.6 Å². The second-order valence-electron chi connectivity index (χ2n) is 6.68. The maximum absolute atomic E-state index is 13.2. The molecule has 1 saturated heterocycles. The first kappa shape index (κ1) is 14.4. The Balaban J connectivity index is 1.68. The van der Waals surface area contributed by atoms with Crippen molar-refractivity contribution in [3.63, 3.8) is 0 Å². The molecule has 110 valence electrons. The van der Waals surface area contributed by atoms with Gasteiger partial charge < -0.3 is 9.67 Å². The highest BCUT2D eigenvalue weighted by atomic mass is 31.2. The van der Waals surface area contributed by atoms with E-state index in [9.17, 15) is 9.67 Å². The van der Waals surface area contributed by atoms with E-state index in [0.717, 1.165) is 50.8 Å². The summed E-state index contributed by atoms with van der Waals surface area (Å²) in [5.74, 6) is 0.495. The van der Waals surface area contributed by atoms with Gasteiger partial charge in [-0.25, -0.2) is 0 Å². The van der Waals surface area contributed by atoms with Crippen LogP contribution in [0.25, 0.3) is 0 Å². The normalized spacial score (nSPS) is 33.1. The fourth-order valence-corrected chi connectivity index (χ4v) is 8.01. The maximum Gasteiger partial charge on any atom is 0.118 e. The highest BCUT2D eigenvalue weighted by Gasteiger charge is 2.50. The second-order valence-corrected chi connectivity index (χ2v) is 10.1. The molecule has 0 amide bonds. The first-order valence-corrected chi connectivity index (χ1v) is 10.0. The SMILES string of the molecule is O=P1(C2(O)CCCCC2)CCC(Cc2ccccc2)C1. The van der Waals surface area contributed by atoms with Crippen LogP contribution in [0, 0.1) is 5.92 Å². The van der Waals surface area contributed by atoms with Crippen LogP contribution in [0.5, 0.6) is 0 Å². The Morgan fingerprint density at radius 3 is 2.55 bits per heavy atom. The first-order valence-electron chi connectivity index (χ1n) is 7.96. The molecule has 0 radical (unpaired) electrons. The quantitative estimate of drug-likeness (QED) is 0.845. The lowest BCUT2D eigenvalue weighted by Crippen LogP contribution is -2.32. The van der Waals surface area contributed by atoms with Crippen molar-refractivity contribution in [3.05, 3.63) is 35.9 Å². The van der Waals surface area contributed by atoms with E-state index >= 15 is 0 Å². The minimum absolute atomic E-state index is 0.495. The highest BCUT2D eigenvalue weighted by molar-refractivity contribution is 7.65. The Kier molecular flexibility index (Phi) is 4.06. The van der Waals surface area contributed by atoms with Gasteiger partial charge >= 0.3 is 0 Å². The van der Waals surface area contributed by atoms with Crippen molar-refractivity contribution in [2.45, 2.75) is 50.3 Å². The molecule has 1 N–H and O–H groups in total. The zero-order valence-electron chi connectivity index (χ0n) is 12.1. The summed E-state index contributed by atoms with van der Waals surface area (Å²) < 4.78 is 13.2. The van der Waals surface area contributed by atoms with E-state index in [1.165, 1.54) is 12.0 Å². The van der Waals surface area contributed by atoms with Crippen LogP contribution < -0.4 is 0 Å². The lowest BCUT2D eigenvalue weighted by atomic mass is 9.97. The van der Waals surface area contributed by atoms with Crippen molar-refractivity contribution >= 4 is 7.14 Å². The zero-order valence-corrected chi connectivity index (χ0v) is 13.0. The molecule has 2 nitrogen and oxygen atoms in total. The van der Waals surface area contributed by atoms with Crippen molar-refractivity contribution in [2.24, 2.45) is 5.92 Å². The molecule has 1 aliphatic heterocycles. The van der Waals surface area contributed by atoms with Gasteiger partial charge in [0, 0.05) is 12.3 Å². The average Bonchev–Trinajstić information content (AvgIpc) is 2.84. The molecule has 1 heterocycles. The molecule has 1 aromatic carbocycles. The van der Waals surface area contributed by atoms with Crippen LogP contribution in [0.3, 0.4) is 0 Å². The fraction of sp³-hybridized carbons (Fsp3) is 0.647. The molecule has 3 rings (SSSR count). The Hall–Kier alpha value is -0.590. The molecule has 2 atom stereocenters. The van der Waals surface area contributed by atoms with Crippen LogP contribution in [0.2, 0.25) is 0 Å². The van der Waals surface area contributed by atoms with Crippen molar-refractivity contribution in [1.29, 1.82) is 0 Å². The zero-order chi connectivity index (χ0) is 14.1. The van der Waals surface area contributed by atoms with Crippen molar-refractivity contribution < 1.29 is 9.67 Å². The largest absolute Gasteiger partial charge is 0.382 e. The first-order chi connectivity index (χ1) is 9.61. The monoisotopic (exact) mass is 292 g/mol. The van der Waals surface area contributed by atoms with Gasteiger partial charge in [0.2, 0.25) is 0 Å². The molecule has 2 unspecified atom stereocenters. The average molecular weight is 292 g/mol. The van der Waals surface area contributed by atoms with Crippen LogP contribution in [0.4, 0.5) is 0 Å². The van der Waals surface area contributed by atoms with Gasteiger partial charge in [-0.2, -0.15) is 0 Å². The summed E-state index contributed by atoms with van der Waals surface area (Å²) in [6.07, 6.45) is 8.38. The predicted molar refractivity (Wildman–Crippen MR) is 83.6 cm³/mol. The van der Waals surface area contributed by atoms with Gasteiger partial charge in [0.05, 0.1) is 0 Å². The summed E-state index contributed by atoms with van der Waals surface area (Å²) in [6, 6.07) is 10.5. The van der Waals surface area contributed by atoms with Crippen LogP contribution in [-0.2, 0) is 11.0 Å². The standard InChI is InChI=1S/C17H25O2P/c18-17(10-5-2-6-11-17)20(19)12-9-16(14-20)13-15-7-3-1-4-8-15/h1,3-4,7-8,16,18H,2,5-6,9-14H2. The molecule has 3 heteroatoms. The van der Waals surface area contributed by atoms with Gasteiger partial charge in [-0.15, -0.1) is 0 Å². The van der Waals surface area contributed by atoms with Crippen molar-refractivity contribution in [1.82, 2.24) is 0 Å². The third-order valence-corrected chi connectivity index (χ3v) is 9.28. The molecule has 20 heavy (non-hydrogen) atoms. The van der Waals surface area contributed by atoms with Crippen molar-refractivity contribution in [2.75, 3.05) is 12.3 Å². The second kappa shape index (κ2) is 5.66. The molecule has 2 aliphatic rings. The van der Waals surface area contributed by atoms with E-state index < -0.39 is 12.5 Å². The molecule has 1 aromatic rings. The molecule has 0 aromatic heterocycles. The summed E-state index contributed by atoms with van der Waals surface area (Å²) >= 11 is 0. The Morgan fingerprint density at radius 1 is 1.15 bits per heavy atom. The predicted octanol–water partition coefficient (Wildman–Crippen LogP) is 4.26. The van der Waals surface area contributed by atoms with E-state index in [1.807, 2.05) is 6.07 Å². The van der Waals surface area contributed by atoms with Gasteiger partial charge in [0.15, 0.2) is 0 Å². The lowest BCUT2D eigenvalue weighted by Gasteiger charge is -2.37. The minimum atomic E-state index is -2.39. The molecule has 1 saturated carbocycles. The molecule has 2 fully saturated rings. The molecule has 0 spiro atoms. The van der Waals surface area contributed by atoms with Crippen molar-refractivity contribution in [3.8, 4) is 0 Å². The summed E-state index contributed by atoms with van der Waals surface area (Å²) in [5, 5.41) is 10.0. The third-order valence-electron chi connectivity index (χ3n) is 5.23. The van der Waals surface area contributed by atoms with Crippen LogP contribution in [0.1, 0.15) is 44.1 Å².